The first-order valence-electron chi connectivity index (χ1n) is 28.7. The van der Waals surface area contributed by atoms with Gasteiger partial charge in [0.2, 0.25) is 0 Å². The number of aliphatic hydroxyl groups excluding tert-OH is 2. The number of aliphatic hydroxyl groups is 2. The molecular formula is C53H112O23P4S8Si2. The van der Waals surface area contributed by atoms with Gasteiger partial charge in [-0.15, -0.1) is 0 Å². The molecule has 37 heteroatoms. The molecule has 0 aromatic heterocycles. The van der Waals surface area contributed by atoms with Crippen molar-refractivity contribution in [2.75, 3.05) is 160 Å². The zero-order valence-electron chi connectivity index (χ0n) is 51.0. The highest BCUT2D eigenvalue weighted by molar-refractivity contribution is 8.34. The molecule has 2 N–H and O–H groups in total. The monoisotopic (exact) mass is 1550 g/mol. The van der Waals surface area contributed by atoms with E-state index < -0.39 is 69.7 Å². The largest absolute Gasteiger partial charge is 0.620 e. The van der Waals surface area contributed by atoms with Crippen LogP contribution in [0.3, 0.4) is 0 Å². The normalized spacial score (nSPS) is 24.0. The maximum atomic E-state index is 12.0. The molecule has 6 rings (SSSR count). The van der Waals surface area contributed by atoms with Gasteiger partial charge in [-0.1, -0.05) is 36.6 Å². The van der Waals surface area contributed by atoms with E-state index in [1.165, 1.54) is 19.3 Å². The second-order valence-electron chi connectivity index (χ2n) is 20.5. The molecule has 23 nitrogen and oxygen atoms in total. The van der Waals surface area contributed by atoms with Gasteiger partial charge in [0.25, 0.3) is 0 Å². The number of fused-ring (bicyclic) bond motifs is 1. The van der Waals surface area contributed by atoms with Crippen LogP contribution in [0.2, 0.25) is 12.1 Å². The number of rotatable bonds is 42. The Balaban J connectivity index is -0.00000129. The van der Waals surface area contributed by atoms with Crippen LogP contribution in [-0.2, 0) is 161 Å². The third kappa shape index (κ3) is 47.5. The number of ether oxygens (including phenoxy) is 11. The van der Waals surface area contributed by atoms with Crippen molar-refractivity contribution in [1.82, 2.24) is 0 Å². The van der Waals surface area contributed by atoms with Crippen molar-refractivity contribution in [1.29, 1.82) is 0 Å². The van der Waals surface area contributed by atoms with E-state index in [1.807, 2.05) is 6.92 Å². The van der Waals surface area contributed by atoms with Crippen molar-refractivity contribution < 1.29 is 108 Å². The smallest absolute Gasteiger partial charge is 0.500 e. The average molecular weight is 1550 g/mol. The Kier molecular flexibility index (Phi) is 63.6. The highest BCUT2D eigenvalue weighted by Crippen LogP contribution is 2.41. The SMILES string of the molecule is C.C.C.C.CCC1CO1.CO[Si](CCCOCC(CO)OCC(C)OCC(COCC[P+]([O-])=S=S)OC1CC(C[P+]([O-])=S=S)CCC1O)(OC)OC.CO[Si](CCCOCC1CO1)(OC)OC.[O-][P+](CC1CCC2OC2C1)=S=S.[O-][P+](CCOCC1CO1)=S=S. The molecule has 90 heavy (non-hydrogen) atoms. The summed E-state index contributed by atoms with van der Waals surface area (Å²) in [6, 6.07) is 1.39. The van der Waals surface area contributed by atoms with E-state index in [-0.39, 0.29) is 81.4 Å². The molecule has 6 fully saturated rings. The fourth-order valence-corrected chi connectivity index (χ4v) is 19.2. The first-order valence-corrected chi connectivity index (χ1v) is 47.8. The Morgan fingerprint density at radius 2 is 0.978 bits per heavy atom. The van der Waals surface area contributed by atoms with E-state index >= 15 is 0 Å². The van der Waals surface area contributed by atoms with Crippen LogP contribution in [0.4, 0.5) is 0 Å². The summed E-state index contributed by atoms with van der Waals surface area (Å²) in [7, 11) is 8.44. The van der Waals surface area contributed by atoms with E-state index in [0.29, 0.717) is 113 Å². The molecule has 538 valence electrons. The topological polar surface area (TPSA) is 303 Å². The predicted molar refractivity (Wildman–Crippen MR) is 378 cm³/mol. The molecule has 0 amide bonds. The van der Waals surface area contributed by atoms with Crippen molar-refractivity contribution in [3.05, 3.63) is 0 Å². The van der Waals surface area contributed by atoms with Crippen LogP contribution < -0.4 is 19.6 Å². The Hall–Kier alpha value is 2.47. The molecule has 2 aliphatic carbocycles. The summed E-state index contributed by atoms with van der Waals surface area (Å²) in [5.41, 5.74) is 0. The molecule has 0 aromatic rings. The van der Waals surface area contributed by atoms with Crippen LogP contribution in [0.15, 0.2) is 0 Å². The van der Waals surface area contributed by atoms with Gasteiger partial charge in [-0.3, -0.25) is 0 Å². The second-order valence-corrected chi connectivity index (χ2v) is 43.6. The third-order valence-electron chi connectivity index (χ3n) is 14.0. The second kappa shape index (κ2) is 59.2. The van der Waals surface area contributed by atoms with E-state index in [2.05, 4.69) is 29.3 Å². The minimum atomic E-state index is -2.64. The first-order chi connectivity index (χ1) is 41.5. The Bertz CT molecular complexity index is 2020. The molecule has 0 bridgehead atoms. The van der Waals surface area contributed by atoms with Gasteiger partial charge in [0.1, 0.15) is 115 Å². The molecule has 0 spiro atoms. The van der Waals surface area contributed by atoms with Gasteiger partial charge < -0.3 is 108 Å². The van der Waals surface area contributed by atoms with Crippen LogP contribution in [0.1, 0.15) is 101 Å². The van der Waals surface area contributed by atoms with Gasteiger partial charge in [0.05, 0.1) is 116 Å². The molecule has 0 radical (unpaired) electrons. The van der Waals surface area contributed by atoms with Gasteiger partial charge in [0.15, 0.2) is 0 Å². The standard InChI is InChI=1S/C24H48O12P2S4Si.C9H20O5Si.C7H11O2PS2.C5H9O3PS2.C4H8O.4CH4/c1-19(14-35-21(13-25)15-32-8-5-11-43(29-2,30-3)31-4)34-17-22(16-33-9-10-37(27)41-39)36-24-12-20(6-7-23(24)26)18-38(28)42-40;1-10-15(11-2,12-3)6-4-5-13-7-9-8-14-9;8-10(12-11)4-5-1-2-6-7(3-5)9-6;6-9(11-10)2-1-7-3-5-4-8-5;1-2-4-3-5-4;;;;/h19-26H,5-18H2,1-4H3;9H,4-8H2,1-3H3;5-7H,1-4H2;5H,1-4H2;4H,2-3H2,1H3;4*1H4. The lowest BCUT2D eigenvalue weighted by Crippen LogP contribution is -2.42. The van der Waals surface area contributed by atoms with Crippen LogP contribution in [0.25, 0.3) is 0 Å². The van der Waals surface area contributed by atoms with Gasteiger partial charge in [-0.05, 0) is 64.7 Å². The van der Waals surface area contributed by atoms with Crippen molar-refractivity contribution >= 4 is 128 Å². The molecular weight excluding hydrogens is 1440 g/mol. The van der Waals surface area contributed by atoms with Crippen LogP contribution in [0.5, 0.6) is 0 Å². The lowest BCUT2D eigenvalue weighted by molar-refractivity contribution is -0.159. The Morgan fingerprint density at radius 3 is 1.41 bits per heavy atom. The molecule has 4 saturated heterocycles. The van der Waals surface area contributed by atoms with E-state index in [4.69, 9.17) is 101 Å². The van der Waals surface area contributed by atoms with Gasteiger partial charge in [0, 0.05) is 125 Å². The summed E-state index contributed by atoms with van der Waals surface area (Å²) >= 11 is 18.8. The number of hydrogen-bond acceptors (Lipinski definition) is 27. The number of epoxide rings is 4. The zero-order valence-corrected chi connectivity index (χ0v) is 63.1. The Morgan fingerprint density at radius 1 is 0.544 bits per heavy atom. The molecule has 4 heterocycles. The van der Waals surface area contributed by atoms with E-state index in [1.54, 1.807) is 42.7 Å². The fraction of sp³-hybridized carbons (Fsp3) is 1.00. The summed E-state index contributed by atoms with van der Waals surface area (Å²) in [6.07, 6.45) is 10.1. The molecule has 16 unspecified atom stereocenters. The quantitative estimate of drug-likeness (QED) is 0.0358. The molecule has 4 aliphatic heterocycles. The van der Waals surface area contributed by atoms with E-state index in [0.717, 1.165) is 89.3 Å². The van der Waals surface area contributed by atoms with Gasteiger partial charge in [-0.25, -0.2) is 0 Å². The lowest BCUT2D eigenvalue weighted by Gasteiger charge is -2.35. The van der Waals surface area contributed by atoms with Gasteiger partial charge >= 0.3 is 17.6 Å². The third-order valence-corrected chi connectivity index (χ3v) is 33.0. The minimum absolute atomic E-state index is 0. The van der Waals surface area contributed by atoms with Crippen molar-refractivity contribution in [2.45, 2.75) is 174 Å². The summed E-state index contributed by atoms with van der Waals surface area (Å²) < 4.78 is 92.3. The van der Waals surface area contributed by atoms with Gasteiger partial charge in [-0.2, -0.15) is 0 Å². The van der Waals surface area contributed by atoms with Crippen molar-refractivity contribution in [2.24, 2.45) is 11.8 Å². The molecule has 16 atom stereocenters. The highest BCUT2D eigenvalue weighted by Gasteiger charge is 2.44. The number of hydrogen-bond donors (Lipinski definition) is 2. The first kappa shape index (κ1) is 96.7. The van der Waals surface area contributed by atoms with Crippen LogP contribution in [-0.4, -0.2) is 249 Å². The summed E-state index contributed by atoms with van der Waals surface area (Å²) in [5, 5.41) is 20.3. The van der Waals surface area contributed by atoms with E-state index in [9.17, 15) is 29.8 Å². The Labute approximate surface area is 578 Å². The average Bonchev–Trinajstić information content (AvgIpc) is 3.62. The highest BCUT2D eigenvalue weighted by atomic mass is 32.9. The maximum Gasteiger partial charge on any atom is 0.500 e. The lowest BCUT2D eigenvalue weighted by atomic mass is 9.86. The van der Waals surface area contributed by atoms with Crippen LogP contribution in [0, 0.1) is 11.8 Å². The maximum absolute atomic E-state index is 12.0. The summed E-state index contributed by atoms with van der Waals surface area (Å²) in [4.78, 5) is 45.6. The van der Waals surface area contributed by atoms with Crippen molar-refractivity contribution in [3.63, 3.8) is 0 Å². The summed E-state index contributed by atoms with van der Waals surface area (Å²) in [6.45, 7) is 4.94. The molecule has 0 aromatic carbocycles. The fourth-order valence-electron chi connectivity index (χ4n) is 8.50. The van der Waals surface area contributed by atoms with Crippen molar-refractivity contribution in [3.8, 4) is 0 Å². The van der Waals surface area contributed by atoms with Crippen LogP contribution >= 0.6 is 27.7 Å². The molecule has 6 aliphatic rings. The zero-order chi connectivity index (χ0) is 63.6. The predicted octanol–water partition coefficient (Wildman–Crippen LogP) is 4.82. The minimum Gasteiger partial charge on any atom is -0.620 e. The summed E-state index contributed by atoms with van der Waals surface area (Å²) in [5.74, 6) is 0.755. The molecule has 2 saturated carbocycles.